The summed E-state index contributed by atoms with van der Waals surface area (Å²) in [7, 11) is 1.74. The molecule has 0 fully saturated rings. The lowest BCUT2D eigenvalue weighted by Gasteiger charge is -2.12. The molecule has 0 atom stereocenters. The number of methoxy groups -OCH3 is 1. The van der Waals surface area contributed by atoms with E-state index in [1.54, 1.807) is 7.11 Å². The van der Waals surface area contributed by atoms with E-state index in [0.717, 1.165) is 32.5 Å². The van der Waals surface area contributed by atoms with Gasteiger partial charge in [0.15, 0.2) is 0 Å². The van der Waals surface area contributed by atoms with Crippen molar-refractivity contribution in [1.29, 1.82) is 0 Å². The number of nitrogens with one attached hydrogen (secondary N) is 1. The van der Waals surface area contributed by atoms with Gasteiger partial charge in [0.25, 0.3) is 0 Å². The van der Waals surface area contributed by atoms with E-state index >= 15 is 0 Å². The van der Waals surface area contributed by atoms with Crippen molar-refractivity contribution in [1.82, 2.24) is 14.9 Å². The van der Waals surface area contributed by atoms with Gasteiger partial charge < -0.3 is 14.6 Å². The molecule has 1 rings (SSSR count). The van der Waals surface area contributed by atoms with Crippen molar-refractivity contribution < 1.29 is 4.74 Å². The predicted molar refractivity (Wildman–Crippen MR) is 65.4 cm³/mol. The fourth-order valence-corrected chi connectivity index (χ4v) is 1.65. The van der Waals surface area contributed by atoms with Crippen molar-refractivity contribution in [2.45, 2.75) is 39.3 Å². The molecule has 0 aliphatic rings. The van der Waals surface area contributed by atoms with Crippen LogP contribution in [0.2, 0.25) is 0 Å². The molecule has 4 heteroatoms. The van der Waals surface area contributed by atoms with Crippen molar-refractivity contribution in [3.8, 4) is 0 Å². The summed E-state index contributed by atoms with van der Waals surface area (Å²) in [6.45, 7) is 7.12. The van der Waals surface area contributed by atoms with Gasteiger partial charge in [-0.25, -0.2) is 4.98 Å². The molecule has 0 radical (unpaired) electrons. The van der Waals surface area contributed by atoms with E-state index < -0.39 is 0 Å². The Balaban J connectivity index is 2.19. The van der Waals surface area contributed by atoms with Gasteiger partial charge in [-0.3, -0.25) is 0 Å². The van der Waals surface area contributed by atoms with Crippen LogP contribution in [0.25, 0.3) is 0 Å². The van der Waals surface area contributed by atoms with Crippen LogP contribution in [0.4, 0.5) is 0 Å². The number of unbranched alkanes of at least 4 members (excludes halogenated alkanes) is 1. The third-order valence-electron chi connectivity index (χ3n) is 2.56. The molecule has 0 saturated carbocycles. The van der Waals surface area contributed by atoms with Gasteiger partial charge in [0.2, 0.25) is 0 Å². The third-order valence-corrected chi connectivity index (χ3v) is 2.56. The average molecular weight is 225 g/mol. The molecule has 4 nitrogen and oxygen atoms in total. The Morgan fingerprint density at radius 2 is 2.25 bits per heavy atom. The number of hydrogen-bond donors (Lipinski definition) is 1. The average Bonchev–Trinajstić information content (AvgIpc) is 2.71. The summed E-state index contributed by atoms with van der Waals surface area (Å²) in [5, 5.41) is 3.43. The number of imidazole rings is 1. The number of rotatable bonds is 8. The van der Waals surface area contributed by atoms with Gasteiger partial charge >= 0.3 is 0 Å². The van der Waals surface area contributed by atoms with Crippen molar-refractivity contribution in [2.75, 3.05) is 20.3 Å². The second-order valence-corrected chi connectivity index (χ2v) is 4.26. The second-order valence-electron chi connectivity index (χ2n) is 4.26. The zero-order valence-corrected chi connectivity index (χ0v) is 10.6. The first-order valence-electron chi connectivity index (χ1n) is 5.96. The van der Waals surface area contributed by atoms with Crippen LogP contribution >= 0.6 is 0 Å². The molecule has 0 aliphatic heterocycles. The van der Waals surface area contributed by atoms with Crippen molar-refractivity contribution in [2.24, 2.45) is 0 Å². The third kappa shape index (κ3) is 4.33. The Morgan fingerprint density at radius 1 is 1.44 bits per heavy atom. The zero-order valence-electron chi connectivity index (χ0n) is 10.6. The maximum atomic E-state index is 5.00. The number of hydrogen-bond acceptors (Lipinski definition) is 3. The molecule has 0 bridgehead atoms. The van der Waals surface area contributed by atoms with Crippen molar-refractivity contribution in [3.05, 3.63) is 18.2 Å². The maximum absolute atomic E-state index is 5.00. The van der Waals surface area contributed by atoms with Crippen LogP contribution in [0.3, 0.4) is 0 Å². The molecule has 0 unspecified atom stereocenters. The lowest BCUT2D eigenvalue weighted by Crippen LogP contribution is -2.18. The van der Waals surface area contributed by atoms with Gasteiger partial charge in [-0.1, -0.05) is 0 Å². The van der Waals surface area contributed by atoms with Gasteiger partial charge in [-0.15, -0.1) is 0 Å². The van der Waals surface area contributed by atoms with Gasteiger partial charge in [-0.2, -0.15) is 0 Å². The van der Waals surface area contributed by atoms with Crippen LogP contribution in [-0.4, -0.2) is 29.8 Å². The molecule has 0 aliphatic carbocycles. The molecule has 92 valence electrons. The molecule has 0 aromatic carbocycles. The van der Waals surface area contributed by atoms with E-state index in [9.17, 15) is 0 Å². The highest BCUT2D eigenvalue weighted by Crippen LogP contribution is 2.08. The van der Waals surface area contributed by atoms with Crippen LogP contribution in [0.15, 0.2) is 12.5 Å². The minimum Gasteiger partial charge on any atom is -0.385 e. The van der Waals surface area contributed by atoms with Gasteiger partial charge in [0.1, 0.15) is 0 Å². The SMILES string of the molecule is COCCCCNCc1cncn1C(C)C. The number of aromatic nitrogens is 2. The highest BCUT2D eigenvalue weighted by Gasteiger charge is 2.03. The molecule has 0 saturated heterocycles. The molecule has 0 amide bonds. The normalized spacial score (nSPS) is 11.2. The molecular formula is C12H23N3O. The van der Waals surface area contributed by atoms with E-state index in [1.165, 1.54) is 5.69 Å². The van der Waals surface area contributed by atoms with Crippen LogP contribution in [0, 0.1) is 0 Å². The number of nitrogens with zero attached hydrogens (tertiary/aromatic N) is 2. The highest BCUT2D eigenvalue weighted by molar-refractivity contribution is 4.99. The summed E-state index contributed by atoms with van der Waals surface area (Å²) in [4.78, 5) is 4.17. The summed E-state index contributed by atoms with van der Waals surface area (Å²) < 4.78 is 7.20. The summed E-state index contributed by atoms with van der Waals surface area (Å²) in [6.07, 6.45) is 6.10. The van der Waals surface area contributed by atoms with Crippen molar-refractivity contribution >= 4 is 0 Å². The summed E-state index contributed by atoms with van der Waals surface area (Å²) in [6, 6.07) is 0.479. The smallest absolute Gasteiger partial charge is 0.0951 e. The van der Waals surface area contributed by atoms with Crippen LogP contribution < -0.4 is 5.32 Å². The molecule has 1 aromatic rings. The fourth-order valence-electron chi connectivity index (χ4n) is 1.65. The molecule has 1 heterocycles. The Morgan fingerprint density at radius 3 is 2.94 bits per heavy atom. The molecular weight excluding hydrogens is 202 g/mol. The summed E-state index contributed by atoms with van der Waals surface area (Å²) in [5.41, 5.74) is 1.25. The first-order chi connectivity index (χ1) is 7.75. The van der Waals surface area contributed by atoms with Gasteiger partial charge in [-0.05, 0) is 33.2 Å². The number of ether oxygens (including phenoxy) is 1. The first-order valence-corrected chi connectivity index (χ1v) is 5.96. The maximum Gasteiger partial charge on any atom is 0.0951 e. The lowest BCUT2D eigenvalue weighted by molar-refractivity contribution is 0.192. The standard InChI is InChI=1S/C12H23N3O/c1-11(2)15-10-14-9-12(15)8-13-6-4-5-7-16-3/h9-11,13H,4-8H2,1-3H3. The van der Waals surface area contributed by atoms with Crippen LogP contribution in [-0.2, 0) is 11.3 Å². The topological polar surface area (TPSA) is 39.1 Å². The van der Waals surface area contributed by atoms with Gasteiger partial charge in [0.05, 0.1) is 12.0 Å². The first kappa shape index (κ1) is 13.2. The minimum absolute atomic E-state index is 0.479. The predicted octanol–water partition coefficient (Wildman–Crippen LogP) is 1.98. The monoisotopic (exact) mass is 225 g/mol. The van der Waals surface area contributed by atoms with E-state index in [2.05, 4.69) is 28.7 Å². The summed E-state index contributed by atoms with van der Waals surface area (Å²) >= 11 is 0. The Bertz CT molecular complexity index is 284. The van der Waals surface area contributed by atoms with E-state index in [-0.39, 0.29) is 0 Å². The van der Waals surface area contributed by atoms with Gasteiger partial charge in [0, 0.05) is 32.5 Å². The minimum atomic E-state index is 0.479. The van der Waals surface area contributed by atoms with Crippen molar-refractivity contribution in [3.63, 3.8) is 0 Å². The van der Waals surface area contributed by atoms with E-state index in [0.29, 0.717) is 6.04 Å². The fraction of sp³-hybridized carbons (Fsp3) is 0.750. The quantitative estimate of drug-likeness (QED) is 0.688. The summed E-state index contributed by atoms with van der Waals surface area (Å²) in [5.74, 6) is 0. The lowest BCUT2D eigenvalue weighted by atomic mass is 10.3. The largest absolute Gasteiger partial charge is 0.385 e. The molecule has 1 N–H and O–H groups in total. The van der Waals surface area contributed by atoms with E-state index in [4.69, 9.17) is 4.74 Å². The Labute approximate surface area is 98.0 Å². The second kappa shape index (κ2) is 7.41. The Kier molecular flexibility index (Phi) is 6.11. The van der Waals surface area contributed by atoms with E-state index in [1.807, 2.05) is 12.5 Å². The molecule has 1 aromatic heterocycles. The highest BCUT2D eigenvalue weighted by atomic mass is 16.5. The molecule has 16 heavy (non-hydrogen) atoms. The molecule has 0 spiro atoms. The van der Waals surface area contributed by atoms with Crippen LogP contribution in [0.1, 0.15) is 38.4 Å². The zero-order chi connectivity index (χ0) is 11.8. The Hall–Kier alpha value is -0.870. The van der Waals surface area contributed by atoms with Crippen LogP contribution in [0.5, 0.6) is 0 Å².